The van der Waals surface area contributed by atoms with E-state index in [0.29, 0.717) is 37.3 Å². The summed E-state index contributed by atoms with van der Waals surface area (Å²) in [6, 6.07) is 0. The molecule has 0 aliphatic rings. The second-order valence-electron chi connectivity index (χ2n) is 14.2. The lowest BCUT2D eigenvalue weighted by Crippen LogP contribution is -2.19. The predicted molar refractivity (Wildman–Crippen MR) is 206 cm³/mol. The Morgan fingerprint density at radius 2 is 0.714 bits per heavy atom. The molecule has 49 heavy (non-hydrogen) atoms. The quantitative estimate of drug-likeness (QED) is 0.0799. The zero-order chi connectivity index (χ0) is 35.7. The molecule has 0 radical (unpaired) electrons. The number of ether oxygens (including phenoxy) is 1. The SMILES string of the molecule is CCCCCCCCCCCCCCn1cc(Oc2cn(CCCCCCCCCCCCCC)c(CC)c(O)c2=O)c(=O)c(O)c1CC. The molecule has 0 aromatic carbocycles. The van der Waals surface area contributed by atoms with Gasteiger partial charge in [0, 0.05) is 13.1 Å². The van der Waals surface area contributed by atoms with Crippen molar-refractivity contribution < 1.29 is 14.9 Å². The summed E-state index contributed by atoms with van der Waals surface area (Å²) in [6.45, 7) is 9.68. The van der Waals surface area contributed by atoms with Crippen LogP contribution in [0.4, 0.5) is 0 Å². The largest absolute Gasteiger partial charge is 0.503 e. The molecule has 2 rings (SSSR count). The van der Waals surface area contributed by atoms with Crippen LogP contribution in [0, 0.1) is 0 Å². The first-order valence-electron chi connectivity index (χ1n) is 20.5. The van der Waals surface area contributed by atoms with E-state index in [9.17, 15) is 19.8 Å². The first kappa shape index (κ1) is 42.5. The second kappa shape index (κ2) is 26.2. The van der Waals surface area contributed by atoms with Crippen molar-refractivity contribution >= 4 is 0 Å². The Hall–Kier alpha value is -2.70. The summed E-state index contributed by atoms with van der Waals surface area (Å²) >= 11 is 0. The van der Waals surface area contributed by atoms with Gasteiger partial charge in [0.2, 0.25) is 0 Å². The van der Waals surface area contributed by atoms with Crippen molar-refractivity contribution in [2.24, 2.45) is 0 Å². The lowest BCUT2D eigenvalue weighted by atomic mass is 10.1. The van der Waals surface area contributed by atoms with Crippen molar-refractivity contribution in [2.45, 2.75) is 208 Å². The zero-order valence-electron chi connectivity index (χ0n) is 32.0. The monoisotopic (exact) mass is 685 g/mol. The average Bonchev–Trinajstić information content (AvgIpc) is 3.10. The van der Waals surface area contributed by atoms with Crippen molar-refractivity contribution in [3.05, 3.63) is 44.2 Å². The number of hydrogen-bond acceptors (Lipinski definition) is 5. The fourth-order valence-corrected chi connectivity index (χ4v) is 6.97. The van der Waals surface area contributed by atoms with E-state index < -0.39 is 10.9 Å². The predicted octanol–water partition coefficient (Wildman–Crippen LogP) is 11.7. The average molecular weight is 685 g/mol. The third kappa shape index (κ3) is 15.8. The van der Waals surface area contributed by atoms with Gasteiger partial charge in [0.1, 0.15) is 0 Å². The molecule has 0 aliphatic heterocycles. The van der Waals surface area contributed by atoms with Gasteiger partial charge in [-0.05, 0) is 25.7 Å². The Morgan fingerprint density at radius 1 is 0.449 bits per heavy atom. The fraction of sp³-hybridized carbons (Fsp3) is 0.762. The van der Waals surface area contributed by atoms with Gasteiger partial charge in [0.25, 0.3) is 10.9 Å². The third-order valence-corrected chi connectivity index (χ3v) is 10.1. The molecule has 280 valence electrons. The number of aromatic hydroxyl groups is 2. The lowest BCUT2D eigenvalue weighted by Gasteiger charge is -2.18. The highest BCUT2D eigenvalue weighted by Gasteiger charge is 2.20. The third-order valence-electron chi connectivity index (χ3n) is 10.1. The first-order chi connectivity index (χ1) is 23.9. The van der Waals surface area contributed by atoms with Crippen LogP contribution in [0.5, 0.6) is 23.0 Å². The van der Waals surface area contributed by atoms with Crippen LogP contribution in [0.3, 0.4) is 0 Å². The normalized spacial score (nSPS) is 11.4. The Bertz CT molecular complexity index is 1180. The van der Waals surface area contributed by atoms with E-state index in [1.54, 1.807) is 12.4 Å². The van der Waals surface area contributed by atoms with E-state index in [4.69, 9.17) is 4.74 Å². The molecule has 0 atom stereocenters. The Balaban J connectivity index is 1.93. The Morgan fingerprint density at radius 3 is 0.980 bits per heavy atom. The van der Waals surface area contributed by atoms with Gasteiger partial charge in [0.05, 0.1) is 23.8 Å². The van der Waals surface area contributed by atoms with Crippen molar-refractivity contribution in [3.8, 4) is 23.0 Å². The van der Waals surface area contributed by atoms with Gasteiger partial charge in [-0.15, -0.1) is 0 Å². The molecule has 7 heteroatoms. The van der Waals surface area contributed by atoms with Crippen molar-refractivity contribution in [3.63, 3.8) is 0 Å². The molecule has 0 bridgehead atoms. The highest BCUT2D eigenvalue weighted by Crippen LogP contribution is 2.26. The van der Waals surface area contributed by atoms with Gasteiger partial charge in [-0.25, -0.2) is 0 Å². The van der Waals surface area contributed by atoms with Crippen LogP contribution < -0.4 is 15.6 Å². The lowest BCUT2D eigenvalue weighted by molar-refractivity contribution is 0.403. The van der Waals surface area contributed by atoms with Gasteiger partial charge in [0.15, 0.2) is 23.0 Å². The zero-order valence-corrected chi connectivity index (χ0v) is 32.0. The van der Waals surface area contributed by atoms with Crippen LogP contribution in [-0.2, 0) is 25.9 Å². The number of aromatic nitrogens is 2. The van der Waals surface area contributed by atoms with Crippen LogP contribution in [0.1, 0.15) is 193 Å². The summed E-state index contributed by atoms with van der Waals surface area (Å²) in [5, 5.41) is 21.6. The molecule has 2 aromatic rings. The summed E-state index contributed by atoms with van der Waals surface area (Å²) < 4.78 is 9.71. The minimum atomic E-state index is -0.631. The molecule has 0 unspecified atom stereocenters. The number of nitrogens with zero attached hydrogens (tertiary/aromatic N) is 2. The number of pyridine rings is 2. The number of hydrogen-bond donors (Lipinski definition) is 2. The van der Waals surface area contributed by atoms with E-state index in [1.807, 2.05) is 23.0 Å². The number of unbranched alkanes of at least 4 members (excludes halogenated alkanes) is 22. The molecular weight excluding hydrogens is 612 g/mol. The van der Waals surface area contributed by atoms with Crippen molar-refractivity contribution in [1.82, 2.24) is 9.13 Å². The summed E-state index contributed by atoms with van der Waals surface area (Å²) in [7, 11) is 0. The Labute approximate surface area is 298 Å². The summed E-state index contributed by atoms with van der Waals surface area (Å²) in [5.74, 6) is -0.840. The van der Waals surface area contributed by atoms with Crippen LogP contribution in [0.15, 0.2) is 22.0 Å². The van der Waals surface area contributed by atoms with Gasteiger partial charge in [-0.3, -0.25) is 9.59 Å². The molecule has 0 fully saturated rings. The summed E-state index contributed by atoms with van der Waals surface area (Å²) in [5.41, 5.74) is -0.106. The van der Waals surface area contributed by atoms with Crippen LogP contribution >= 0.6 is 0 Å². The smallest absolute Gasteiger partial charge is 0.265 e. The topological polar surface area (TPSA) is 93.7 Å². The summed E-state index contributed by atoms with van der Waals surface area (Å²) in [6.07, 6.45) is 34.5. The maximum Gasteiger partial charge on any atom is 0.265 e. The molecule has 2 heterocycles. The van der Waals surface area contributed by atoms with Gasteiger partial charge in [-0.1, -0.05) is 169 Å². The molecule has 0 saturated heterocycles. The van der Waals surface area contributed by atoms with Crippen LogP contribution in [0.2, 0.25) is 0 Å². The fourth-order valence-electron chi connectivity index (χ4n) is 6.97. The van der Waals surface area contributed by atoms with E-state index in [1.165, 1.54) is 128 Å². The maximum atomic E-state index is 13.1. The minimum absolute atomic E-state index is 0.0914. The number of rotatable bonds is 30. The number of aryl methyl sites for hydroxylation is 2. The van der Waals surface area contributed by atoms with Gasteiger partial charge < -0.3 is 24.1 Å². The van der Waals surface area contributed by atoms with Gasteiger partial charge >= 0.3 is 0 Å². The molecule has 0 saturated carbocycles. The molecule has 0 aliphatic carbocycles. The molecule has 7 nitrogen and oxygen atoms in total. The standard InChI is InChI=1S/C42H72N2O5/c1-5-9-11-13-15-17-19-21-23-25-27-29-31-43-33-37(41(47)39(45)35(43)7-3)49-38-34-44(36(8-4)40(46)42(38)48)32-30-28-26-24-22-20-18-16-14-12-10-6-2/h33-34,45-46H,5-32H2,1-4H3. The van der Waals surface area contributed by atoms with E-state index in [-0.39, 0.29) is 23.0 Å². The maximum absolute atomic E-state index is 13.1. The van der Waals surface area contributed by atoms with Crippen LogP contribution in [-0.4, -0.2) is 19.3 Å². The van der Waals surface area contributed by atoms with Crippen molar-refractivity contribution in [1.29, 1.82) is 0 Å². The highest BCUT2D eigenvalue weighted by molar-refractivity contribution is 5.41. The van der Waals surface area contributed by atoms with E-state index >= 15 is 0 Å². The molecule has 2 N–H and O–H groups in total. The minimum Gasteiger partial charge on any atom is -0.503 e. The van der Waals surface area contributed by atoms with E-state index in [0.717, 1.165) is 25.7 Å². The highest BCUT2D eigenvalue weighted by atomic mass is 16.5. The first-order valence-corrected chi connectivity index (χ1v) is 20.5. The van der Waals surface area contributed by atoms with Crippen molar-refractivity contribution in [2.75, 3.05) is 0 Å². The molecule has 0 amide bonds. The van der Waals surface area contributed by atoms with Gasteiger partial charge in [-0.2, -0.15) is 0 Å². The van der Waals surface area contributed by atoms with E-state index in [2.05, 4.69) is 13.8 Å². The molecule has 0 spiro atoms. The summed E-state index contributed by atoms with van der Waals surface area (Å²) in [4.78, 5) is 26.2. The van der Waals surface area contributed by atoms with Crippen LogP contribution in [0.25, 0.3) is 0 Å². The molecule has 2 aromatic heterocycles. The second-order valence-corrected chi connectivity index (χ2v) is 14.2. The molecular formula is C42H72N2O5. The Kier molecular flexibility index (Phi) is 22.7.